The fourth-order valence-electron chi connectivity index (χ4n) is 3.79. The quantitative estimate of drug-likeness (QED) is 0.501. The van der Waals surface area contributed by atoms with Gasteiger partial charge in [-0.25, -0.2) is 9.78 Å². The Morgan fingerprint density at radius 2 is 1.87 bits per heavy atom. The average molecular weight is 433 g/mol. The molecule has 5 rings (SSSR count). The number of rotatable bonds is 3. The first-order valence-corrected chi connectivity index (χ1v) is 10.6. The van der Waals surface area contributed by atoms with Crippen molar-refractivity contribution in [2.75, 3.05) is 13.2 Å². The monoisotopic (exact) mass is 433 g/mol. The number of carboxylic acids is 1. The first-order chi connectivity index (χ1) is 15.0. The van der Waals surface area contributed by atoms with E-state index in [0.717, 1.165) is 50.6 Å². The molecular weight excluding hydrogens is 414 g/mol. The molecule has 0 spiro atoms. The first kappa shape index (κ1) is 19.3. The zero-order chi connectivity index (χ0) is 21.5. The molecule has 3 heterocycles. The maximum absolute atomic E-state index is 13.0. The van der Waals surface area contributed by atoms with E-state index >= 15 is 0 Å². The number of amides is 1. The van der Waals surface area contributed by atoms with Gasteiger partial charge in [-0.3, -0.25) is 4.79 Å². The molecule has 1 aliphatic rings. The molecule has 0 fully saturated rings. The fourth-order valence-corrected chi connectivity index (χ4v) is 4.60. The van der Waals surface area contributed by atoms with Crippen LogP contribution in [0.5, 0.6) is 5.75 Å². The molecule has 0 saturated carbocycles. The Balaban J connectivity index is 1.45. The van der Waals surface area contributed by atoms with Crippen LogP contribution in [0.4, 0.5) is 0 Å². The average Bonchev–Trinajstić information content (AvgIpc) is 3.33. The lowest BCUT2D eigenvalue weighted by atomic mass is 10.0. The van der Waals surface area contributed by atoms with E-state index in [4.69, 9.17) is 9.84 Å². The molecule has 0 aliphatic carbocycles. The largest absolute Gasteiger partial charge is 0.491 e. The van der Waals surface area contributed by atoms with Crippen LogP contribution >= 0.6 is 11.3 Å². The van der Waals surface area contributed by atoms with Gasteiger partial charge in [-0.05, 0) is 54.4 Å². The number of benzene rings is 2. The molecule has 4 aromatic rings. The highest BCUT2D eigenvalue weighted by atomic mass is 32.1. The lowest BCUT2D eigenvalue weighted by Gasteiger charge is -2.19. The molecule has 1 amide bonds. The predicted octanol–water partition coefficient (Wildman–Crippen LogP) is 4.33. The Labute approximate surface area is 181 Å². The molecule has 2 aromatic heterocycles. The van der Waals surface area contributed by atoms with Crippen LogP contribution in [0.1, 0.15) is 30.7 Å². The number of nitrogens with one attached hydrogen (secondary N) is 1. The Morgan fingerprint density at radius 1 is 1.10 bits per heavy atom. The number of nitrogens with zero attached hydrogens (tertiary/aromatic N) is 2. The molecule has 0 bridgehead atoms. The number of hydrogen-bond acceptors (Lipinski definition) is 5. The predicted molar refractivity (Wildman–Crippen MR) is 118 cm³/mol. The molecule has 0 radical (unpaired) electrons. The van der Waals surface area contributed by atoms with Crippen molar-refractivity contribution < 1.29 is 19.4 Å². The maximum atomic E-state index is 13.0. The van der Waals surface area contributed by atoms with Crippen molar-refractivity contribution in [3.8, 4) is 16.9 Å². The summed E-state index contributed by atoms with van der Waals surface area (Å²) < 4.78 is 5.87. The summed E-state index contributed by atoms with van der Waals surface area (Å²) in [5.41, 5.74) is 4.89. The smallest absolute Gasteiger partial charge is 0.345 e. The number of H-pyrrole nitrogens is 1. The normalized spacial score (nSPS) is 13.5. The number of imidazole rings is 1. The summed E-state index contributed by atoms with van der Waals surface area (Å²) in [5, 5.41) is 9.13. The van der Waals surface area contributed by atoms with Crippen LogP contribution in [0.15, 0.2) is 48.5 Å². The lowest BCUT2D eigenvalue weighted by Crippen LogP contribution is -2.31. The van der Waals surface area contributed by atoms with Crippen LogP contribution in [0.3, 0.4) is 0 Å². The van der Waals surface area contributed by atoms with Crippen molar-refractivity contribution >= 4 is 34.2 Å². The molecule has 2 N–H and O–H groups in total. The number of aromatic amines is 1. The van der Waals surface area contributed by atoms with Crippen molar-refractivity contribution in [2.45, 2.75) is 13.5 Å². The number of hydrogen-bond donors (Lipinski definition) is 2. The van der Waals surface area contributed by atoms with Crippen LogP contribution in [0.25, 0.3) is 22.2 Å². The van der Waals surface area contributed by atoms with Crippen LogP contribution in [0.2, 0.25) is 0 Å². The van der Waals surface area contributed by atoms with Crippen LogP contribution in [-0.4, -0.2) is 45.0 Å². The lowest BCUT2D eigenvalue weighted by molar-refractivity contribution is 0.0701. The molecule has 156 valence electrons. The molecule has 31 heavy (non-hydrogen) atoms. The number of carbonyl (C=O) groups excluding carboxylic acids is 1. The number of carbonyl (C=O) groups is 2. The molecule has 2 aromatic carbocycles. The van der Waals surface area contributed by atoms with Crippen molar-refractivity contribution in [3.05, 3.63) is 69.7 Å². The molecule has 7 nitrogen and oxygen atoms in total. The second kappa shape index (κ2) is 7.55. The van der Waals surface area contributed by atoms with Crippen LogP contribution in [0, 0.1) is 6.92 Å². The van der Waals surface area contributed by atoms with Gasteiger partial charge in [0, 0.05) is 12.1 Å². The van der Waals surface area contributed by atoms with Crippen LogP contribution < -0.4 is 4.74 Å². The van der Waals surface area contributed by atoms with E-state index in [9.17, 15) is 9.59 Å². The summed E-state index contributed by atoms with van der Waals surface area (Å²) in [5.74, 6) is 0.419. The highest BCUT2D eigenvalue weighted by Crippen LogP contribution is 2.31. The van der Waals surface area contributed by atoms with E-state index in [1.54, 1.807) is 11.0 Å². The van der Waals surface area contributed by atoms with Gasteiger partial charge in [0.25, 0.3) is 5.91 Å². The second-order valence-electron chi connectivity index (χ2n) is 7.42. The maximum Gasteiger partial charge on any atom is 0.345 e. The van der Waals surface area contributed by atoms with Crippen molar-refractivity contribution in [2.24, 2.45) is 0 Å². The summed E-state index contributed by atoms with van der Waals surface area (Å²) in [4.78, 5) is 34.1. The Kier molecular flexibility index (Phi) is 4.71. The fraction of sp³-hybridized carbons (Fsp3) is 0.174. The van der Waals surface area contributed by atoms with Gasteiger partial charge in [0.2, 0.25) is 0 Å². The number of fused-ring (bicyclic) bond motifs is 2. The van der Waals surface area contributed by atoms with Gasteiger partial charge in [-0.15, -0.1) is 11.3 Å². The highest BCUT2D eigenvalue weighted by molar-refractivity contribution is 7.15. The third-order valence-corrected chi connectivity index (χ3v) is 6.35. The van der Waals surface area contributed by atoms with Crippen LogP contribution in [-0.2, 0) is 6.54 Å². The van der Waals surface area contributed by atoms with Crippen molar-refractivity contribution in [1.82, 2.24) is 14.9 Å². The standard InChI is InChI=1S/C23H19N3O4S/c1-13-24-17-4-2-15(11-18(17)25-13)14-3-5-19-16(10-14)12-26(8-9-30-19)22(27)20-6-7-21(31-20)23(28)29/h2-7,10-11H,8-9,12H2,1H3,(H,24,25)(H,28,29). The van der Waals surface area contributed by atoms with Gasteiger partial charge in [-0.2, -0.15) is 0 Å². The number of aromatic nitrogens is 2. The summed E-state index contributed by atoms with van der Waals surface area (Å²) in [6, 6.07) is 15.1. The van der Waals surface area contributed by atoms with Crippen molar-refractivity contribution in [1.29, 1.82) is 0 Å². The van der Waals surface area contributed by atoms with Gasteiger partial charge in [-0.1, -0.05) is 12.1 Å². The third kappa shape index (κ3) is 3.66. The van der Waals surface area contributed by atoms with E-state index in [-0.39, 0.29) is 10.8 Å². The molecule has 0 saturated heterocycles. The minimum atomic E-state index is -1.03. The summed E-state index contributed by atoms with van der Waals surface area (Å²) in [6.07, 6.45) is 0. The number of aromatic carboxylic acids is 1. The van der Waals surface area contributed by atoms with Gasteiger partial charge in [0.15, 0.2) is 0 Å². The van der Waals surface area contributed by atoms with Gasteiger partial charge in [0.05, 0.1) is 22.5 Å². The zero-order valence-corrected chi connectivity index (χ0v) is 17.5. The Bertz CT molecular complexity index is 1320. The molecular formula is C23H19N3O4S. The van der Waals surface area contributed by atoms with Crippen molar-refractivity contribution in [3.63, 3.8) is 0 Å². The number of aryl methyl sites for hydroxylation is 1. The summed E-state index contributed by atoms with van der Waals surface area (Å²) in [7, 11) is 0. The molecule has 0 unspecified atom stereocenters. The number of thiophene rings is 1. The second-order valence-corrected chi connectivity index (χ2v) is 8.50. The molecule has 1 aliphatic heterocycles. The minimum absolute atomic E-state index is 0.154. The van der Waals surface area contributed by atoms with E-state index in [0.29, 0.717) is 24.6 Å². The minimum Gasteiger partial charge on any atom is -0.491 e. The van der Waals surface area contributed by atoms with E-state index in [2.05, 4.69) is 16.0 Å². The van der Waals surface area contributed by atoms with Gasteiger partial charge in [0.1, 0.15) is 23.1 Å². The number of carboxylic acid groups (broad SMARTS) is 1. The Hall–Kier alpha value is -3.65. The van der Waals surface area contributed by atoms with Gasteiger partial charge >= 0.3 is 5.97 Å². The van der Waals surface area contributed by atoms with Gasteiger partial charge < -0.3 is 19.7 Å². The zero-order valence-electron chi connectivity index (χ0n) is 16.7. The van der Waals surface area contributed by atoms with E-state index in [1.807, 2.05) is 37.3 Å². The molecule has 0 atom stereocenters. The molecule has 8 heteroatoms. The summed E-state index contributed by atoms with van der Waals surface area (Å²) in [6.45, 7) is 3.14. The SMILES string of the molecule is Cc1nc2ccc(-c3ccc4c(c3)CN(C(=O)c3ccc(C(=O)O)s3)CCO4)cc2[nH]1. The third-order valence-electron chi connectivity index (χ3n) is 5.29. The van der Waals surface area contributed by atoms with E-state index < -0.39 is 5.97 Å². The van der Waals surface area contributed by atoms with E-state index in [1.165, 1.54) is 6.07 Å². The Morgan fingerprint density at radius 3 is 2.68 bits per heavy atom. The highest BCUT2D eigenvalue weighted by Gasteiger charge is 2.23. The number of ether oxygens (including phenoxy) is 1. The topological polar surface area (TPSA) is 95.5 Å². The summed E-state index contributed by atoms with van der Waals surface area (Å²) >= 11 is 0.993. The first-order valence-electron chi connectivity index (χ1n) is 9.83.